The fourth-order valence-electron chi connectivity index (χ4n) is 2.62. The van der Waals surface area contributed by atoms with E-state index in [4.69, 9.17) is 0 Å². The molecule has 1 fully saturated rings. The normalized spacial score (nSPS) is 24.9. The summed E-state index contributed by atoms with van der Waals surface area (Å²) in [5.74, 6) is 0.866. The Morgan fingerprint density at radius 3 is 2.59 bits per heavy atom. The fraction of sp³-hybridized carbons (Fsp3) is 0.692. The summed E-state index contributed by atoms with van der Waals surface area (Å²) in [5.41, 5.74) is 0. The first-order valence-electron chi connectivity index (χ1n) is 6.32. The van der Waals surface area contributed by atoms with Gasteiger partial charge in [-0.05, 0) is 66.7 Å². The van der Waals surface area contributed by atoms with Crippen LogP contribution in [0.25, 0.3) is 0 Å². The number of nitrogens with zero attached hydrogens (tertiary/aromatic N) is 1. The van der Waals surface area contributed by atoms with Crippen molar-refractivity contribution in [2.45, 2.75) is 31.7 Å². The lowest BCUT2D eigenvalue weighted by molar-refractivity contribution is 0.305. The largest absolute Gasteiger partial charge is 0.366 e. The van der Waals surface area contributed by atoms with Gasteiger partial charge in [-0.25, -0.2) is 0 Å². The van der Waals surface area contributed by atoms with Crippen LogP contribution in [0.5, 0.6) is 0 Å². The SMILES string of the molecule is CNC1CCC(CN(C)c2ccc(Br)s2)CC1. The van der Waals surface area contributed by atoms with Gasteiger partial charge in [0.05, 0.1) is 8.79 Å². The number of hydrogen-bond acceptors (Lipinski definition) is 3. The topological polar surface area (TPSA) is 15.3 Å². The molecule has 2 rings (SSSR count). The van der Waals surface area contributed by atoms with Crippen LogP contribution in [0.2, 0.25) is 0 Å². The van der Waals surface area contributed by atoms with E-state index in [2.05, 4.69) is 52.4 Å². The van der Waals surface area contributed by atoms with Crippen molar-refractivity contribution in [2.75, 3.05) is 25.5 Å². The molecule has 0 spiro atoms. The van der Waals surface area contributed by atoms with Gasteiger partial charge >= 0.3 is 0 Å². The Balaban J connectivity index is 1.81. The summed E-state index contributed by atoms with van der Waals surface area (Å²) in [6, 6.07) is 5.09. The molecule has 0 radical (unpaired) electrons. The monoisotopic (exact) mass is 316 g/mol. The minimum absolute atomic E-state index is 0.757. The summed E-state index contributed by atoms with van der Waals surface area (Å²) in [7, 11) is 4.29. The van der Waals surface area contributed by atoms with Gasteiger partial charge in [0.15, 0.2) is 0 Å². The van der Waals surface area contributed by atoms with E-state index >= 15 is 0 Å². The molecule has 2 nitrogen and oxygen atoms in total. The van der Waals surface area contributed by atoms with E-state index in [1.807, 2.05) is 11.3 Å². The number of thiophene rings is 1. The highest BCUT2D eigenvalue weighted by atomic mass is 79.9. The maximum absolute atomic E-state index is 3.53. The molecular formula is C13H21BrN2S. The zero-order chi connectivity index (χ0) is 12.3. The van der Waals surface area contributed by atoms with E-state index in [1.54, 1.807) is 0 Å². The third kappa shape index (κ3) is 3.70. The van der Waals surface area contributed by atoms with Gasteiger partial charge in [0, 0.05) is 19.6 Å². The molecular weight excluding hydrogens is 296 g/mol. The summed E-state index contributed by atoms with van der Waals surface area (Å²) in [6.07, 6.45) is 5.40. The summed E-state index contributed by atoms with van der Waals surface area (Å²) in [4.78, 5) is 2.40. The molecule has 4 heteroatoms. The van der Waals surface area contributed by atoms with Crippen molar-refractivity contribution in [1.82, 2.24) is 5.32 Å². The van der Waals surface area contributed by atoms with Crippen molar-refractivity contribution in [2.24, 2.45) is 5.92 Å². The summed E-state index contributed by atoms with van der Waals surface area (Å²) in [5, 5.41) is 4.76. The maximum atomic E-state index is 3.53. The van der Waals surface area contributed by atoms with Gasteiger partial charge in [-0.1, -0.05) is 0 Å². The Bertz CT molecular complexity index is 345. The van der Waals surface area contributed by atoms with Crippen LogP contribution in [0.15, 0.2) is 15.9 Å². The van der Waals surface area contributed by atoms with Gasteiger partial charge < -0.3 is 10.2 Å². The molecule has 0 aliphatic heterocycles. The molecule has 17 heavy (non-hydrogen) atoms. The molecule has 0 amide bonds. The summed E-state index contributed by atoms with van der Waals surface area (Å²) < 4.78 is 1.22. The number of halogens is 1. The molecule has 1 aromatic rings. The Hall–Kier alpha value is -0.0600. The molecule has 1 saturated carbocycles. The van der Waals surface area contributed by atoms with Gasteiger partial charge in [-0.15, -0.1) is 11.3 Å². The van der Waals surface area contributed by atoms with Gasteiger partial charge in [-0.3, -0.25) is 0 Å². The standard InChI is InChI=1S/C13H21BrN2S/c1-15-11-5-3-10(4-6-11)9-16(2)13-8-7-12(14)17-13/h7-8,10-11,15H,3-6,9H2,1-2H3. The Kier molecular flexibility index (Phi) is 4.88. The fourth-order valence-corrected chi connectivity index (χ4v) is 3.95. The molecule has 0 unspecified atom stereocenters. The van der Waals surface area contributed by atoms with E-state index in [9.17, 15) is 0 Å². The van der Waals surface area contributed by atoms with E-state index < -0.39 is 0 Å². The van der Waals surface area contributed by atoms with Crippen molar-refractivity contribution in [3.63, 3.8) is 0 Å². The zero-order valence-corrected chi connectivity index (χ0v) is 13.0. The first kappa shape index (κ1) is 13.4. The molecule has 1 N–H and O–H groups in total. The Morgan fingerprint density at radius 1 is 1.35 bits per heavy atom. The number of anilines is 1. The molecule has 96 valence electrons. The highest BCUT2D eigenvalue weighted by Gasteiger charge is 2.21. The first-order valence-corrected chi connectivity index (χ1v) is 7.93. The van der Waals surface area contributed by atoms with Crippen LogP contribution in [-0.2, 0) is 0 Å². The van der Waals surface area contributed by atoms with Gasteiger partial charge in [0.2, 0.25) is 0 Å². The maximum Gasteiger partial charge on any atom is 0.0917 e. The number of hydrogen-bond donors (Lipinski definition) is 1. The van der Waals surface area contributed by atoms with Crippen LogP contribution >= 0.6 is 27.3 Å². The van der Waals surface area contributed by atoms with Crippen LogP contribution < -0.4 is 10.2 Å². The number of rotatable bonds is 4. The van der Waals surface area contributed by atoms with Crippen LogP contribution in [-0.4, -0.2) is 26.7 Å². The second-order valence-corrected chi connectivity index (χ2v) is 7.41. The Morgan fingerprint density at radius 2 is 2.06 bits per heavy atom. The predicted molar refractivity (Wildman–Crippen MR) is 80.1 cm³/mol. The van der Waals surface area contributed by atoms with Crippen molar-refractivity contribution < 1.29 is 0 Å². The zero-order valence-electron chi connectivity index (χ0n) is 10.6. The molecule has 0 atom stereocenters. The molecule has 0 aromatic carbocycles. The molecule has 1 aliphatic carbocycles. The van der Waals surface area contributed by atoms with E-state index in [0.29, 0.717) is 0 Å². The second-order valence-electron chi connectivity index (χ2n) is 4.96. The molecule has 0 saturated heterocycles. The van der Waals surface area contributed by atoms with Crippen molar-refractivity contribution >= 4 is 32.3 Å². The minimum atomic E-state index is 0.757. The average molecular weight is 317 g/mol. The van der Waals surface area contributed by atoms with Crippen molar-refractivity contribution in [3.05, 3.63) is 15.9 Å². The lowest BCUT2D eigenvalue weighted by Crippen LogP contribution is -2.34. The van der Waals surface area contributed by atoms with Gasteiger partial charge in [0.1, 0.15) is 0 Å². The van der Waals surface area contributed by atoms with Crippen LogP contribution in [0, 0.1) is 5.92 Å². The third-order valence-electron chi connectivity index (χ3n) is 3.72. The van der Waals surface area contributed by atoms with E-state index in [0.717, 1.165) is 12.0 Å². The molecule has 1 heterocycles. The van der Waals surface area contributed by atoms with E-state index in [-0.39, 0.29) is 0 Å². The van der Waals surface area contributed by atoms with Gasteiger partial charge in [0.25, 0.3) is 0 Å². The average Bonchev–Trinajstić information content (AvgIpc) is 2.77. The number of nitrogens with one attached hydrogen (secondary N) is 1. The summed E-state index contributed by atoms with van der Waals surface area (Å²) in [6.45, 7) is 1.20. The van der Waals surface area contributed by atoms with Crippen LogP contribution in [0.1, 0.15) is 25.7 Å². The highest BCUT2D eigenvalue weighted by molar-refractivity contribution is 9.11. The predicted octanol–water partition coefficient (Wildman–Crippen LogP) is 3.73. The Labute approximate surface area is 117 Å². The minimum Gasteiger partial charge on any atom is -0.366 e. The van der Waals surface area contributed by atoms with E-state index in [1.165, 1.54) is 41.0 Å². The smallest absolute Gasteiger partial charge is 0.0917 e. The van der Waals surface area contributed by atoms with Crippen molar-refractivity contribution in [1.29, 1.82) is 0 Å². The lowest BCUT2D eigenvalue weighted by Gasteiger charge is -2.31. The molecule has 1 aliphatic rings. The third-order valence-corrected chi connectivity index (χ3v) is 5.46. The lowest BCUT2D eigenvalue weighted by atomic mass is 9.86. The van der Waals surface area contributed by atoms with Gasteiger partial charge in [-0.2, -0.15) is 0 Å². The molecule has 1 aromatic heterocycles. The van der Waals surface area contributed by atoms with Crippen LogP contribution in [0.3, 0.4) is 0 Å². The molecule has 0 bridgehead atoms. The first-order chi connectivity index (χ1) is 8.19. The quantitative estimate of drug-likeness (QED) is 0.910. The summed E-state index contributed by atoms with van der Waals surface area (Å²) >= 11 is 5.35. The van der Waals surface area contributed by atoms with Crippen molar-refractivity contribution in [3.8, 4) is 0 Å². The van der Waals surface area contributed by atoms with Crippen LogP contribution in [0.4, 0.5) is 5.00 Å². The highest BCUT2D eigenvalue weighted by Crippen LogP contribution is 2.31. The second kappa shape index (κ2) is 6.21.